The second-order valence-electron chi connectivity index (χ2n) is 6.19. The second-order valence-corrected chi connectivity index (χ2v) is 6.19. The summed E-state index contributed by atoms with van der Waals surface area (Å²) in [6.45, 7) is 8.21. The molecule has 1 saturated heterocycles. The zero-order valence-electron chi connectivity index (χ0n) is 15.9. The Labute approximate surface area is 168 Å². The Bertz CT molecular complexity index is 390. The Hall–Kier alpha value is -0.650. The average molecular weight is 471 g/mol. The van der Waals surface area contributed by atoms with Crippen LogP contribution in [0.3, 0.4) is 0 Å². The molecule has 1 amide bonds. The predicted molar refractivity (Wildman–Crippen MR) is 111 cm³/mol. The number of halogens is 1. The van der Waals surface area contributed by atoms with Gasteiger partial charge in [0.15, 0.2) is 5.96 Å². The molecular weight excluding hydrogens is 437 g/mol. The monoisotopic (exact) mass is 471 g/mol. The lowest BCUT2D eigenvalue weighted by molar-refractivity contribution is -0.127. The first-order valence-electron chi connectivity index (χ1n) is 8.57. The van der Waals surface area contributed by atoms with Crippen LogP contribution in [0.1, 0.15) is 13.3 Å². The quantitative estimate of drug-likeness (QED) is 0.213. The summed E-state index contributed by atoms with van der Waals surface area (Å²) >= 11 is 0. The van der Waals surface area contributed by atoms with Crippen LogP contribution in [0.15, 0.2) is 4.99 Å². The molecule has 0 radical (unpaired) electrons. The van der Waals surface area contributed by atoms with Crippen LogP contribution in [0, 0.1) is 0 Å². The molecule has 1 aliphatic rings. The number of hydrogen-bond acceptors (Lipinski definition) is 5. The Kier molecular flexibility index (Phi) is 14.1. The molecule has 0 aromatic rings. The van der Waals surface area contributed by atoms with Gasteiger partial charge in [-0.3, -0.25) is 9.69 Å². The third-order valence-electron chi connectivity index (χ3n) is 3.72. The number of carbonyl (C=O) groups is 1. The van der Waals surface area contributed by atoms with Gasteiger partial charge in [0.05, 0.1) is 19.8 Å². The van der Waals surface area contributed by atoms with Gasteiger partial charge in [0.25, 0.3) is 0 Å². The zero-order valence-corrected chi connectivity index (χ0v) is 18.2. The van der Waals surface area contributed by atoms with Crippen LogP contribution in [-0.4, -0.2) is 101 Å². The first-order valence-corrected chi connectivity index (χ1v) is 8.57. The lowest BCUT2D eigenvalue weighted by Gasteiger charge is -2.26. The molecule has 0 spiro atoms. The van der Waals surface area contributed by atoms with Crippen molar-refractivity contribution in [1.82, 2.24) is 20.4 Å². The molecule has 1 rings (SSSR count). The van der Waals surface area contributed by atoms with Gasteiger partial charge in [-0.2, -0.15) is 0 Å². The fraction of sp³-hybridized carbons (Fsp3) is 0.875. The van der Waals surface area contributed by atoms with Gasteiger partial charge in [-0.05, 0) is 19.9 Å². The van der Waals surface area contributed by atoms with E-state index < -0.39 is 0 Å². The van der Waals surface area contributed by atoms with E-state index in [1.54, 1.807) is 21.2 Å². The Morgan fingerprint density at radius 1 is 1.36 bits per heavy atom. The first-order chi connectivity index (χ1) is 11.5. The van der Waals surface area contributed by atoms with Crippen LogP contribution in [0.4, 0.5) is 0 Å². The minimum absolute atomic E-state index is 0. The van der Waals surface area contributed by atoms with E-state index in [0.29, 0.717) is 12.6 Å². The van der Waals surface area contributed by atoms with Gasteiger partial charge in [0, 0.05) is 46.9 Å². The van der Waals surface area contributed by atoms with Gasteiger partial charge >= 0.3 is 0 Å². The molecule has 1 heterocycles. The first kappa shape index (κ1) is 24.4. The lowest BCUT2D eigenvalue weighted by atomic mass is 10.3. The molecule has 0 aromatic carbocycles. The summed E-state index contributed by atoms with van der Waals surface area (Å²) in [4.78, 5) is 20.0. The molecule has 0 bridgehead atoms. The lowest BCUT2D eigenvalue weighted by Crippen LogP contribution is -2.45. The van der Waals surface area contributed by atoms with E-state index in [2.05, 4.69) is 20.5 Å². The normalized spacial score (nSPS) is 16.7. The van der Waals surface area contributed by atoms with E-state index in [9.17, 15) is 4.79 Å². The maximum atomic E-state index is 11.7. The summed E-state index contributed by atoms with van der Waals surface area (Å²) in [5, 5.41) is 6.56. The number of nitrogens with one attached hydrogen (secondary N) is 2. The molecule has 0 saturated carbocycles. The third-order valence-corrected chi connectivity index (χ3v) is 3.72. The van der Waals surface area contributed by atoms with E-state index in [-0.39, 0.29) is 42.5 Å². The molecule has 1 fully saturated rings. The standard InChI is InChI=1S/C16H33N5O3.HI/c1-14(13-23-4)19-16(18-12-15(22)20(2)3)17-6-5-7-21-8-10-24-11-9-21;/h14H,5-13H2,1-4H3,(H2,17,18,19);1H. The van der Waals surface area contributed by atoms with Crippen molar-refractivity contribution in [2.45, 2.75) is 19.4 Å². The maximum absolute atomic E-state index is 11.7. The summed E-state index contributed by atoms with van der Waals surface area (Å²) in [5.74, 6) is 0.625. The van der Waals surface area contributed by atoms with Crippen LogP contribution < -0.4 is 10.6 Å². The van der Waals surface area contributed by atoms with Crippen molar-refractivity contribution in [1.29, 1.82) is 0 Å². The Morgan fingerprint density at radius 3 is 2.64 bits per heavy atom. The van der Waals surface area contributed by atoms with Crippen molar-refractivity contribution in [2.75, 3.05) is 73.7 Å². The van der Waals surface area contributed by atoms with Gasteiger partial charge in [-0.15, -0.1) is 24.0 Å². The molecule has 148 valence electrons. The fourth-order valence-corrected chi connectivity index (χ4v) is 2.30. The molecule has 0 aromatic heterocycles. The van der Waals surface area contributed by atoms with Gasteiger partial charge in [0.1, 0.15) is 6.54 Å². The molecule has 25 heavy (non-hydrogen) atoms. The van der Waals surface area contributed by atoms with Crippen LogP contribution in [0.5, 0.6) is 0 Å². The number of morpholine rings is 1. The molecule has 1 aliphatic heterocycles. The SMILES string of the molecule is COCC(C)NC(=NCC(=O)N(C)C)NCCCN1CCOCC1.I. The molecule has 1 unspecified atom stereocenters. The van der Waals surface area contributed by atoms with Gasteiger partial charge in [-0.1, -0.05) is 0 Å². The maximum Gasteiger partial charge on any atom is 0.243 e. The summed E-state index contributed by atoms with van der Waals surface area (Å²) in [6, 6.07) is 0.120. The van der Waals surface area contributed by atoms with Crippen LogP contribution in [0.2, 0.25) is 0 Å². The highest BCUT2D eigenvalue weighted by Gasteiger charge is 2.10. The number of likely N-dealkylation sites (N-methyl/N-ethyl adjacent to an activating group) is 1. The number of guanidine groups is 1. The van der Waals surface area contributed by atoms with Gasteiger partial charge < -0.3 is 25.0 Å². The number of carbonyl (C=O) groups excluding carboxylic acids is 1. The number of ether oxygens (including phenoxy) is 2. The van der Waals surface area contributed by atoms with Crippen molar-refractivity contribution in [3.8, 4) is 0 Å². The zero-order chi connectivity index (χ0) is 17.8. The largest absolute Gasteiger partial charge is 0.383 e. The van der Waals surface area contributed by atoms with Gasteiger partial charge in [0.2, 0.25) is 5.91 Å². The fourth-order valence-electron chi connectivity index (χ4n) is 2.30. The molecule has 0 aliphatic carbocycles. The third kappa shape index (κ3) is 11.6. The number of nitrogens with zero attached hydrogens (tertiary/aromatic N) is 3. The summed E-state index contributed by atoms with van der Waals surface area (Å²) < 4.78 is 10.5. The minimum atomic E-state index is -0.0242. The van der Waals surface area contributed by atoms with E-state index >= 15 is 0 Å². The smallest absolute Gasteiger partial charge is 0.243 e. The highest BCUT2D eigenvalue weighted by Crippen LogP contribution is 1.97. The molecule has 8 nitrogen and oxygen atoms in total. The number of amides is 1. The van der Waals surface area contributed by atoms with Crippen molar-refractivity contribution < 1.29 is 14.3 Å². The van der Waals surface area contributed by atoms with E-state index in [1.165, 1.54) is 4.90 Å². The number of hydrogen-bond donors (Lipinski definition) is 2. The molecule has 2 N–H and O–H groups in total. The second kappa shape index (κ2) is 14.5. The number of rotatable bonds is 9. The predicted octanol–water partition coefficient (Wildman–Crippen LogP) is -0.0150. The van der Waals surface area contributed by atoms with E-state index in [1.807, 2.05) is 6.92 Å². The Morgan fingerprint density at radius 2 is 2.04 bits per heavy atom. The van der Waals surface area contributed by atoms with Crippen molar-refractivity contribution in [3.63, 3.8) is 0 Å². The highest BCUT2D eigenvalue weighted by atomic mass is 127. The van der Waals surface area contributed by atoms with Crippen LogP contribution >= 0.6 is 24.0 Å². The summed E-state index contributed by atoms with van der Waals surface area (Å²) in [5.41, 5.74) is 0. The Balaban J connectivity index is 0.00000576. The van der Waals surface area contributed by atoms with Crippen molar-refractivity contribution in [2.24, 2.45) is 4.99 Å². The van der Waals surface area contributed by atoms with Crippen molar-refractivity contribution >= 4 is 35.8 Å². The molecule has 1 atom stereocenters. The van der Waals surface area contributed by atoms with Crippen molar-refractivity contribution in [3.05, 3.63) is 0 Å². The molecular formula is C16H34IN5O3. The summed E-state index contributed by atoms with van der Waals surface area (Å²) in [6.07, 6.45) is 1.01. The van der Waals surface area contributed by atoms with Crippen LogP contribution in [0.25, 0.3) is 0 Å². The average Bonchev–Trinajstić information content (AvgIpc) is 2.57. The topological polar surface area (TPSA) is 78.4 Å². The molecule has 9 heteroatoms. The van der Waals surface area contributed by atoms with Gasteiger partial charge in [-0.25, -0.2) is 4.99 Å². The minimum Gasteiger partial charge on any atom is -0.383 e. The number of methoxy groups -OCH3 is 1. The summed E-state index contributed by atoms with van der Waals surface area (Å²) in [7, 11) is 5.13. The highest BCUT2D eigenvalue weighted by molar-refractivity contribution is 14.0. The number of aliphatic imine (C=N–C) groups is 1. The van der Waals surface area contributed by atoms with E-state index in [4.69, 9.17) is 9.47 Å². The van der Waals surface area contributed by atoms with Crippen LogP contribution in [-0.2, 0) is 14.3 Å². The van der Waals surface area contributed by atoms with E-state index in [0.717, 1.165) is 45.8 Å².